The number of hydrogen-bond donors (Lipinski definition) is 1. The molecule has 2 rings (SSSR count). The molecule has 2 aromatic rings. The number of benzene rings is 1. The molecule has 0 saturated heterocycles. The second-order valence-corrected chi connectivity index (χ2v) is 6.26. The quantitative estimate of drug-likeness (QED) is 0.836. The van der Waals surface area contributed by atoms with Crippen molar-refractivity contribution in [1.82, 2.24) is 5.32 Å². The van der Waals surface area contributed by atoms with Gasteiger partial charge in [-0.25, -0.2) is 4.39 Å². The van der Waals surface area contributed by atoms with E-state index in [9.17, 15) is 4.39 Å². The van der Waals surface area contributed by atoms with E-state index in [-0.39, 0.29) is 11.9 Å². The normalized spacial score (nSPS) is 12.7. The Labute approximate surface area is 123 Å². The van der Waals surface area contributed by atoms with Gasteiger partial charge in [-0.1, -0.05) is 17.7 Å². The Morgan fingerprint density at radius 2 is 2.22 bits per heavy atom. The Morgan fingerprint density at radius 3 is 2.78 bits per heavy atom. The summed E-state index contributed by atoms with van der Waals surface area (Å²) in [5.41, 5.74) is 0.921. The second-order valence-electron chi connectivity index (χ2n) is 3.94. The van der Waals surface area contributed by atoms with Crippen molar-refractivity contribution < 1.29 is 4.39 Å². The molecule has 18 heavy (non-hydrogen) atoms. The van der Waals surface area contributed by atoms with Gasteiger partial charge in [-0.05, 0) is 46.7 Å². The van der Waals surface area contributed by atoms with Crippen LogP contribution in [-0.2, 0) is 6.42 Å². The van der Waals surface area contributed by atoms with E-state index in [1.54, 1.807) is 17.4 Å². The van der Waals surface area contributed by atoms with Gasteiger partial charge in [0.15, 0.2) is 0 Å². The first-order valence-corrected chi connectivity index (χ1v) is 7.50. The Kier molecular flexibility index (Phi) is 4.78. The zero-order chi connectivity index (χ0) is 13.1. The summed E-state index contributed by atoms with van der Waals surface area (Å²) in [5, 5.41) is 5.73. The molecule has 1 heterocycles. The van der Waals surface area contributed by atoms with Gasteiger partial charge in [-0.15, -0.1) is 11.3 Å². The highest BCUT2D eigenvalue weighted by molar-refractivity contribution is 9.10. The van der Waals surface area contributed by atoms with Crippen molar-refractivity contribution >= 4 is 38.9 Å². The van der Waals surface area contributed by atoms with E-state index in [2.05, 4.69) is 27.3 Å². The van der Waals surface area contributed by atoms with Crippen LogP contribution in [0.4, 0.5) is 4.39 Å². The summed E-state index contributed by atoms with van der Waals surface area (Å²) in [4.78, 5) is 1.25. The molecule has 0 fully saturated rings. The van der Waals surface area contributed by atoms with Crippen LogP contribution >= 0.6 is 38.9 Å². The largest absolute Gasteiger partial charge is 0.313 e. The molecule has 1 aromatic carbocycles. The van der Waals surface area contributed by atoms with E-state index in [1.807, 2.05) is 12.4 Å². The molecule has 1 nitrogen and oxygen atoms in total. The lowest BCUT2D eigenvalue weighted by Gasteiger charge is -2.17. The van der Waals surface area contributed by atoms with Crippen LogP contribution in [-0.4, -0.2) is 7.05 Å². The molecular formula is C13H12BrClFNS. The van der Waals surface area contributed by atoms with Gasteiger partial charge in [0.05, 0.1) is 0 Å². The zero-order valence-corrected chi connectivity index (χ0v) is 12.9. The first-order chi connectivity index (χ1) is 8.60. The highest BCUT2D eigenvalue weighted by Gasteiger charge is 2.15. The molecule has 1 unspecified atom stereocenters. The maximum atomic E-state index is 13.0. The second kappa shape index (κ2) is 6.15. The number of hydrogen-bond acceptors (Lipinski definition) is 2. The van der Waals surface area contributed by atoms with Crippen LogP contribution in [0.15, 0.2) is 34.1 Å². The third-order valence-electron chi connectivity index (χ3n) is 2.71. The summed E-state index contributed by atoms with van der Waals surface area (Å²) in [5.74, 6) is -0.308. The van der Waals surface area contributed by atoms with Gasteiger partial charge < -0.3 is 5.32 Å². The Bertz CT molecular complexity index is 544. The fraction of sp³-hybridized carbons (Fsp3) is 0.231. The molecule has 0 radical (unpaired) electrons. The van der Waals surface area contributed by atoms with Crippen molar-refractivity contribution in [2.24, 2.45) is 0 Å². The summed E-state index contributed by atoms with van der Waals surface area (Å²) >= 11 is 11.2. The summed E-state index contributed by atoms with van der Waals surface area (Å²) in [6, 6.07) is 6.71. The highest BCUT2D eigenvalue weighted by Crippen LogP contribution is 2.29. The molecule has 0 bridgehead atoms. The van der Waals surface area contributed by atoms with E-state index < -0.39 is 0 Å². The zero-order valence-electron chi connectivity index (χ0n) is 9.71. The lowest BCUT2D eigenvalue weighted by atomic mass is 10.0. The molecule has 96 valence electrons. The lowest BCUT2D eigenvalue weighted by molar-refractivity contribution is 0.590. The van der Waals surface area contributed by atoms with Gasteiger partial charge in [0.1, 0.15) is 5.82 Å². The molecule has 0 amide bonds. The average Bonchev–Trinajstić information content (AvgIpc) is 2.72. The first kappa shape index (κ1) is 14.0. The predicted molar refractivity (Wildman–Crippen MR) is 78.9 cm³/mol. The van der Waals surface area contributed by atoms with Crippen molar-refractivity contribution in [2.45, 2.75) is 12.5 Å². The fourth-order valence-corrected chi connectivity index (χ4v) is 3.61. The lowest BCUT2D eigenvalue weighted by Crippen LogP contribution is -2.18. The predicted octanol–water partition coefficient (Wildman–Crippen LogP) is 4.81. The number of rotatable bonds is 4. The minimum absolute atomic E-state index is 0.0867. The summed E-state index contributed by atoms with van der Waals surface area (Å²) in [6.07, 6.45) is 0.831. The van der Waals surface area contributed by atoms with Crippen LogP contribution in [0.1, 0.15) is 16.5 Å². The van der Waals surface area contributed by atoms with Gasteiger partial charge >= 0.3 is 0 Å². The van der Waals surface area contributed by atoms with Gasteiger partial charge in [0, 0.05) is 32.2 Å². The molecule has 0 aliphatic heterocycles. The number of thiophene rings is 1. The smallest absolute Gasteiger partial charge is 0.124 e. The Morgan fingerprint density at radius 1 is 1.44 bits per heavy atom. The fourth-order valence-electron chi connectivity index (χ4n) is 1.81. The number of halogens is 3. The molecular weight excluding hydrogens is 337 g/mol. The van der Waals surface area contributed by atoms with Crippen molar-refractivity contribution in [3.8, 4) is 0 Å². The third kappa shape index (κ3) is 3.32. The maximum Gasteiger partial charge on any atom is 0.124 e. The summed E-state index contributed by atoms with van der Waals surface area (Å²) < 4.78 is 14.1. The van der Waals surface area contributed by atoms with E-state index in [0.717, 1.165) is 16.5 Å². The average molecular weight is 349 g/mol. The minimum Gasteiger partial charge on any atom is -0.313 e. The molecule has 1 N–H and O–H groups in total. The third-order valence-corrected chi connectivity index (χ3v) is 4.76. The Hall–Kier alpha value is -0.420. The SMILES string of the molecule is CNC(Cc1cc(Br)cs1)c1ccc(F)cc1Cl. The maximum absolute atomic E-state index is 13.0. The van der Waals surface area contributed by atoms with Crippen LogP contribution in [0.3, 0.4) is 0 Å². The van der Waals surface area contributed by atoms with Crippen LogP contribution in [0.2, 0.25) is 5.02 Å². The van der Waals surface area contributed by atoms with Crippen molar-refractivity contribution in [2.75, 3.05) is 7.05 Å². The number of nitrogens with one attached hydrogen (secondary N) is 1. The Balaban J connectivity index is 2.22. The van der Waals surface area contributed by atoms with Crippen LogP contribution < -0.4 is 5.32 Å². The molecule has 1 aromatic heterocycles. The van der Waals surface area contributed by atoms with E-state index in [0.29, 0.717) is 5.02 Å². The van der Waals surface area contributed by atoms with Gasteiger partial charge in [-0.3, -0.25) is 0 Å². The standard InChI is InChI=1S/C13H12BrClFNS/c1-17-13(6-10-4-8(14)7-18-10)11-3-2-9(16)5-12(11)15/h2-5,7,13,17H,6H2,1H3. The molecule has 0 saturated carbocycles. The molecule has 1 atom stereocenters. The monoisotopic (exact) mass is 347 g/mol. The van der Waals surface area contributed by atoms with E-state index in [1.165, 1.54) is 17.0 Å². The molecule has 0 aliphatic rings. The van der Waals surface area contributed by atoms with Crippen LogP contribution in [0, 0.1) is 5.82 Å². The van der Waals surface area contributed by atoms with Crippen LogP contribution in [0.5, 0.6) is 0 Å². The molecule has 0 aliphatic carbocycles. The molecule has 5 heteroatoms. The van der Waals surface area contributed by atoms with Crippen LogP contribution in [0.25, 0.3) is 0 Å². The van der Waals surface area contributed by atoms with Crippen molar-refractivity contribution in [3.05, 3.63) is 55.4 Å². The van der Waals surface area contributed by atoms with Crippen molar-refractivity contribution in [1.29, 1.82) is 0 Å². The topological polar surface area (TPSA) is 12.0 Å². The van der Waals surface area contributed by atoms with E-state index >= 15 is 0 Å². The summed E-state index contributed by atoms with van der Waals surface area (Å²) in [6.45, 7) is 0. The highest BCUT2D eigenvalue weighted by atomic mass is 79.9. The first-order valence-electron chi connectivity index (χ1n) is 5.45. The van der Waals surface area contributed by atoms with Crippen molar-refractivity contribution in [3.63, 3.8) is 0 Å². The number of likely N-dealkylation sites (N-methyl/N-ethyl adjacent to an activating group) is 1. The minimum atomic E-state index is -0.308. The molecule has 0 spiro atoms. The van der Waals surface area contributed by atoms with Gasteiger partial charge in [0.25, 0.3) is 0 Å². The van der Waals surface area contributed by atoms with Gasteiger partial charge in [0.2, 0.25) is 0 Å². The van der Waals surface area contributed by atoms with Gasteiger partial charge in [-0.2, -0.15) is 0 Å². The van der Waals surface area contributed by atoms with E-state index in [4.69, 9.17) is 11.6 Å². The summed E-state index contributed by atoms with van der Waals surface area (Å²) in [7, 11) is 1.88.